The number of para-hydroxylation sites is 1. The zero-order chi connectivity index (χ0) is 18.4. The summed E-state index contributed by atoms with van der Waals surface area (Å²) in [5.74, 6) is 0. The van der Waals surface area contributed by atoms with Gasteiger partial charge in [0.15, 0.2) is 0 Å². The third kappa shape index (κ3) is 3.35. The highest BCUT2D eigenvalue weighted by Gasteiger charge is 2.21. The molecular formula is C20H17BrN4S2. The van der Waals surface area contributed by atoms with Crippen LogP contribution in [0.5, 0.6) is 0 Å². The SMILES string of the molecule is Cc1[nH]c2ccccc2c1C=Nn1c(-c2ccc(Br)s2)csc1=NC1CC1. The molecule has 3 aromatic heterocycles. The Morgan fingerprint density at radius 2 is 2.07 bits per heavy atom. The lowest BCUT2D eigenvalue weighted by molar-refractivity contribution is 0.824. The second kappa shape index (κ2) is 6.89. The van der Waals surface area contributed by atoms with Crippen molar-refractivity contribution < 1.29 is 0 Å². The lowest BCUT2D eigenvalue weighted by atomic mass is 10.1. The average molecular weight is 457 g/mol. The topological polar surface area (TPSA) is 45.4 Å². The third-order valence-electron chi connectivity index (χ3n) is 4.60. The van der Waals surface area contributed by atoms with Gasteiger partial charge in [-0.1, -0.05) is 18.2 Å². The fourth-order valence-electron chi connectivity index (χ4n) is 3.06. The highest BCUT2D eigenvalue weighted by atomic mass is 79.9. The van der Waals surface area contributed by atoms with Crippen LogP contribution < -0.4 is 4.80 Å². The summed E-state index contributed by atoms with van der Waals surface area (Å²) < 4.78 is 3.11. The van der Waals surface area contributed by atoms with Crippen molar-refractivity contribution in [3.05, 3.63) is 61.6 Å². The Balaban J connectivity index is 1.64. The van der Waals surface area contributed by atoms with Crippen LogP contribution in [0, 0.1) is 6.92 Å². The molecule has 27 heavy (non-hydrogen) atoms. The van der Waals surface area contributed by atoms with E-state index in [-0.39, 0.29) is 0 Å². The molecule has 1 aliphatic rings. The molecule has 0 bridgehead atoms. The number of aromatic amines is 1. The van der Waals surface area contributed by atoms with Gasteiger partial charge >= 0.3 is 0 Å². The third-order valence-corrected chi connectivity index (χ3v) is 7.07. The van der Waals surface area contributed by atoms with Crippen LogP contribution in [0.1, 0.15) is 24.1 Å². The Labute approximate surface area is 173 Å². The van der Waals surface area contributed by atoms with E-state index in [9.17, 15) is 0 Å². The number of aromatic nitrogens is 2. The van der Waals surface area contributed by atoms with E-state index >= 15 is 0 Å². The molecule has 3 heterocycles. The highest BCUT2D eigenvalue weighted by molar-refractivity contribution is 9.11. The number of H-pyrrole nitrogens is 1. The van der Waals surface area contributed by atoms with Crippen LogP contribution in [0.3, 0.4) is 0 Å². The van der Waals surface area contributed by atoms with Gasteiger partial charge in [-0.05, 0) is 53.9 Å². The first-order chi connectivity index (χ1) is 13.2. The van der Waals surface area contributed by atoms with Crippen molar-refractivity contribution in [3.8, 4) is 10.6 Å². The Morgan fingerprint density at radius 1 is 1.22 bits per heavy atom. The Kier molecular flexibility index (Phi) is 4.38. The molecule has 0 amide bonds. The maximum Gasteiger partial charge on any atom is 0.206 e. The van der Waals surface area contributed by atoms with Gasteiger partial charge in [0.25, 0.3) is 0 Å². The van der Waals surface area contributed by atoms with Gasteiger partial charge in [-0.25, -0.2) is 4.68 Å². The molecule has 5 rings (SSSR count). The monoisotopic (exact) mass is 456 g/mol. The number of thiazole rings is 1. The van der Waals surface area contributed by atoms with Gasteiger partial charge in [0.2, 0.25) is 4.80 Å². The zero-order valence-corrected chi connectivity index (χ0v) is 17.9. The lowest BCUT2D eigenvalue weighted by Crippen LogP contribution is -2.12. The van der Waals surface area contributed by atoms with E-state index in [0.717, 1.165) is 31.1 Å². The van der Waals surface area contributed by atoms with Gasteiger partial charge in [0, 0.05) is 27.5 Å². The summed E-state index contributed by atoms with van der Waals surface area (Å²) >= 11 is 6.94. The summed E-state index contributed by atoms with van der Waals surface area (Å²) in [6.45, 7) is 2.09. The van der Waals surface area contributed by atoms with Gasteiger partial charge in [-0.3, -0.25) is 4.99 Å². The molecule has 7 heteroatoms. The van der Waals surface area contributed by atoms with Gasteiger partial charge in [-0.2, -0.15) is 5.10 Å². The molecule has 4 nitrogen and oxygen atoms in total. The number of thiophene rings is 1. The van der Waals surface area contributed by atoms with E-state index in [1.54, 1.807) is 22.7 Å². The minimum Gasteiger partial charge on any atom is -0.358 e. The van der Waals surface area contributed by atoms with E-state index in [1.165, 1.54) is 23.1 Å². The number of halogens is 1. The minimum atomic E-state index is 0.461. The number of rotatable bonds is 4. The van der Waals surface area contributed by atoms with Crippen LogP contribution in [0.25, 0.3) is 21.5 Å². The lowest BCUT2D eigenvalue weighted by Gasteiger charge is -2.01. The molecule has 1 fully saturated rings. The molecule has 4 aromatic rings. The van der Waals surface area contributed by atoms with Crippen LogP contribution in [0.2, 0.25) is 0 Å². The van der Waals surface area contributed by atoms with E-state index in [4.69, 9.17) is 10.1 Å². The molecule has 0 saturated heterocycles. The number of hydrogen-bond acceptors (Lipinski definition) is 4. The zero-order valence-electron chi connectivity index (χ0n) is 14.6. The van der Waals surface area contributed by atoms with Crippen molar-refractivity contribution >= 4 is 55.7 Å². The maximum atomic E-state index is 4.87. The Bertz CT molecular complexity index is 1220. The molecule has 136 valence electrons. The summed E-state index contributed by atoms with van der Waals surface area (Å²) in [5, 5.41) is 8.21. The number of nitrogens with one attached hydrogen (secondary N) is 1. The van der Waals surface area contributed by atoms with Crippen molar-refractivity contribution in [3.63, 3.8) is 0 Å². The molecule has 1 saturated carbocycles. The number of benzene rings is 1. The quantitative estimate of drug-likeness (QED) is 0.378. The molecule has 0 unspecified atom stereocenters. The molecule has 0 atom stereocenters. The molecule has 1 aliphatic carbocycles. The standard InChI is InChI=1S/C20H17BrN4S2/c1-12-15(14-4-2-3-5-16(14)23-12)10-22-25-17(18-8-9-19(21)27-18)11-26-20(25)24-13-6-7-13/h2-5,8-11,13,23H,6-7H2,1H3. The smallest absolute Gasteiger partial charge is 0.206 e. The van der Waals surface area contributed by atoms with Gasteiger partial charge < -0.3 is 4.98 Å². The molecular weight excluding hydrogens is 440 g/mol. The molecule has 0 aliphatic heterocycles. The summed E-state index contributed by atoms with van der Waals surface area (Å²) in [4.78, 5) is 10.4. The Hall–Kier alpha value is -1.96. The first-order valence-corrected chi connectivity index (χ1v) is 11.3. The first-order valence-electron chi connectivity index (χ1n) is 8.81. The second-order valence-electron chi connectivity index (χ2n) is 6.63. The van der Waals surface area contributed by atoms with E-state index < -0.39 is 0 Å². The van der Waals surface area contributed by atoms with E-state index in [1.807, 2.05) is 17.0 Å². The number of hydrogen-bond donors (Lipinski definition) is 1. The van der Waals surface area contributed by atoms with Crippen molar-refractivity contribution in [2.24, 2.45) is 10.1 Å². The fraction of sp³-hybridized carbons (Fsp3) is 0.200. The van der Waals surface area contributed by atoms with Crippen LogP contribution in [-0.2, 0) is 0 Å². The van der Waals surface area contributed by atoms with Crippen molar-refractivity contribution in [1.29, 1.82) is 0 Å². The fourth-order valence-corrected chi connectivity index (χ4v) is 5.42. The van der Waals surface area contributed by atoms with E-state index in [0.29, 0.717) is 6.04 Å². The normalized spacial score (nSPS) is 15.4. The molecule has 0 radical (unpaired) electrons. The van der Waals surface area contributed by atoms with Crippen LogP contribution in [-0.4, -0.2) is 21.9 Å². The molecule has 0 spiro atoms. The van der Waals surface area contributed by atoms with Crippen LogP contribution in [0.4, 0.5) is 0 Å². The Morgan fingerprint density at radius 3 is 2.85 bits per heavy atom. The predicted octanol–water partition coefficient (Wildman–Crippen LogP) is 5.78. The van der Waals surface area contributed by atoms with Crippen molar-refractivity contribution in [1.82, 2.24) is 9.66 Å². The second-order valence-corrected chi connectivity index (χ2v) is 9.93. The summed E-state index contributed by atoms with van der Waals surface area (Å²) in [7, 11) is 0. The average Bonchev–Trinajstić information content (AvgIpc) is 3.08. The molecule has 1 aromatic carbocycles. The largest absolute Gasteiger partial charge is 0.358 e. The van der Waals surface area contributed by atoms with Crippen molar-refractivity contribution in [2.75, 3.05) is 0 Å². The van der Waals surface area contributed by atoms with Gasteiger partial charge in [0.05, 0.1) is 26.6 Å². The van der Waals surface area contributed by atoms with Gasteiger partial charge in [0.1, 0.15) is 0 Å². The summed E-state index contributed by atoms with van der Waals surface area (Å²) in [5.41, 5.74) is 4.47. The molecule has 1 N–H and O–H groups in total. The highest BCUT2D eigenvalue weighted by Crippen LogP contribution is 2.32. The minimum absolute atomic E-state index is 0.461. The van der Waals surface area contributed by atoms with Crippen LogP contribution in [0.15, 0.2) is 55.7 Å². The van der Waals surface area contributed by atoms with E-state index in [2.05, 4.69) is 63.5 Å². The first kappa shape index (κ1) is 17.2. The summed E-state index contributed by atoms with van der Waals surface area (Å²) in [6, 6.07) is 13.0. The number of nitrogens with zero attached hydrogens (tertiary/aromatic N) is 3. The number of aryl methyl sites for hydroxylation is 1. The predicted molar refractivity (Wildman–Crippen MR) is 118 cm³/mol. The van der Waals surface area contributed by atoms with Crippen molar-refractivity contribution in [2.45, 2.75) is 25.8 Å². The number of fused-ring (bicyclic) bond motifs is 1. The van der Waals surface area contributed by atoms with Gasteiger partial charge in [-0.15, -0.1) is 22.7 Å². The maximum absolute atomic E-state index is 4.87. The summed E-state index contributed by atoms with van der Waals surface area (Å²) in [6.07, 6.45) is 4.32. The van der Waals surface area contributed by atoms with Crippen LogP contribution >= 0.6 is 38.6 Å².